The van der Waals surface area contributed by atoms with Crippen LogP contribution in [0.2, 0.25) is 0 Å². The number of nitrogens with one attached hydrogen (secondary N) is 2. The normalized spacial score (nSPS) is 21.3. The Balaban J connectivity index is 0.00000242. The molecule has 6 heteroatoms. The van der Waals surface area contributed by atoms with E-state index in [0.717, 1.165) is 30.4 Å². The van der Waals surface area contributed by atoms with Crippen LogP contribution in [0.15, 0.2) is 29.3 Å². The van der Waals surface area contributed by atoms with E-state index >= 15 is 0 Å². The molecule has 0 aliphatic carbocycles. The van der Waals surface area contributed by atoms with Crippen LogP contribution in [0.4, 0.5) is 0 Å². The molecule has 1 atom stereocenters. The van der Waals surface area contributed by atoms with Crippen molar-refractivity contribution in [2.45, 2.75) is 32.4 Å². The Bertz CT molecular complexity index is 473. The molecule has 4 nitrogen and oxygen atoms in total. The topological polar surface area (TPSA) is 56.7 Å². The van der Waals surface area contributed by atoms with Crippen molar-refractivity contribution in [2.75, 3.05) is 24.6 Å². The number of aliphatic imine (C=N–C) groups is 1. The van der Waals surface area contributed by atoms with E-state index in [9.17, 15) is 5.11 Å². The molecule has 1 saturated heterocycles. The number of thioether (sulfide) groups is 1. The monoisotopic (exact) mass is 435 g/mol. The maximum atomic E-state index is 10.4. The number of aliphatic hydroxyl groups is 1. The van der Waals surface area contributed by atoms with Crippen molar-refractivity contribution in [1.82, 2.24) is 10.6 Å². The number of benzene rings is 1. The van der Waals surface area contributed by atoms with E-state index in [1.807, 2.05) is 18.7 Å². The summed E-state index contributed by atoms with van der Waals surface area (Å²) in [6, 6.07) is 8.40. The van der Waals surface area contributed by atoms with Crippen LogP contribution in [0.1, 0.15) is 24.5 Å². The van der Waals surface area contributed by atoms with E-state index < -0.39 is 5.60 Å². The van der Waals surface area contributed by atoms with Crippen molar-refractivity contribution in [3.05, 3.63) is 35.4 Å². The smallest absolute Gasteiger partial charge is 0.191 e. The molecule has 1 heterocycles. The third kappa shape index (κ3) is 6.34. The Morgan fingerprint density at radius 2 is 2.05 bits per heavy atom. The maximum Gasteiger partial charge on any atom is 0.191 e. The Morgan fingerprint density at radius 3 is 2.64 bits per heavy atom. The highest BCUT2D eigenvalue weighted by Gasteiger charge is 2.31. The van der Waals surface area contributed by atoms with Gasteiger partial charge in [0, 0.05) is 18.8 Å². The van der Waals surface area contributed by atoms with E-state index in [4.69, 9.17) is 0 Å². The first kappa shape index (κ1) is 19.6. The van der Waals surface area contributed by atoms with Gasteiger partial charge in [-0.2, -0.15) is 11.8 Å². The van der Waals surface area contributed by atoms with Crippen molar-refractivity contribution >= 4 is 41.7 Å². The summed E-state index contributed by atoms with van der Waals surface area (Å²) >= 11 is 1.81. The van der Waals surface area contributed by atoms with Gasteiger partial charge in [0.25, 0.3) is 0 Å². The Hall–Kier alpha value is -0.470. The van der Waals surface area contributed by atoms with Gasteiger partial charge >= 0.3 is 0 Å². The van der Waals surface area contributed by atoms with Crippen LogP contribution in [-0.4, -0.2) is 41.3 Å². The minimum Gasteiger partial charge on any atom is -0.387 e. The first-order chi connectivity index (χ1) is 10.1. The minimum atomic E-state index is -0.593. The van der Waals surface area contributed by atoms with Gasteiger partial charge in [0.2, 0.25) is 0 Å². The molecule has 1 unspecified atom stereocenters. The predicted molar refractivity (Wildman–Crippen MR) is 106 cm³/mol. The lowest BCUT2D eigenvalue weighted by Crippen LogP contribution is -2.47. The number of hydrogen-bond donors (Lipinski definition) is 3. The van der Waals surface area contributed by atoms with Crippen LogP contribution in [-0.2, 0) is 6.54 Å². The molecule has 0 saturated carbocycles. The number of nitrogens with zero attached hydrogens (tertiary/aromatic N) is 1. The average molecular weight is 435 g/mol. The Labute approximate surface area is 154 Å². The first-order valence-corrected chi connectivity index (χ1v) is 8.65. The molecule has 1 aliphatic rings. The van der Waals surface area contributed by atoms with Gasteiger partial charge in [0.15, 0.2) is 5.96 Å². The summed E-state index contributed by atoms with van der Waals surface area (Å²) in [6.07, 6.45) is 0.849. The highest BCUT2D eigenvalue weighted by molar-refractivity contribution is 14.0. The van der Waals surface area contributed by atoms with Crippen LogP contribution in [0, 0.1) is 6.92 Å². The van der Waals surface area contributed by atoms with Gasteiger partial charge in [-0.1, -0.05) is 29.8 Å². The summed E-state index contributed by atoms with van der Waals surface area (Å²) in [7, 11) is 0. The van der Waals surface area contributed by atoms with Gasteiger partial charge in [-0.25, -0.2) is 4.99 Å². The molecule has 22 heavy (non-hydrogen) atoms. The molecule has 1 aromatic rings. The molecule has 1 aromatic carbocycles. The lowest BCUT2D eigenvalue weighted by molar-refractivity contribution is 0.0724. The quantitative estimate of drug-likeness (QED) is 0.378. The number of rotatable bonds is 5. The van der Waals surface area contributed by atoms with Gasteiger partial charge in [0.1, 0.15) is 0 Å². The summed E-state index contributed by atoms with van der Waals surface area (Å²) in [5.74, 6) is 2.61. The lowest BCUT2D eigenvalue weighted by Gasteiger charge is -2.23. The SMILES string of the molecule is CCNC(=NCc1ccc(C)cc1)NCC1(O)CCSC1.I. The molecule has 0 bridgehead atoms. The fourth-order valence-corrected chi connectivity index (χ4v) is 3.48. The van der Waals surface area contributed by atoms with E-state index in [2.05, 4.69) is 46.8 Å². The second kappa shape index (κ2) is 9.62. The summed E-state index contributed by atoms with van der Waals surface area (Å²) in [4.78, 5) is 4.58. The highest BCUT2D eigenvalue weighted by Crippen LogP contribution is 2.26. The minimum absolute atomic E-state index is 0. The number of halogens is 1. The second-order valence-corrected chi connectivity index (χ2v) is 6.67. The maximum absolute atomic E-state index is 10.4. The zero-order valence-electron chi connectivity index (χ0n) is 13.3. The molecule has 1 fully saturated rings. The van der Waals surface area contributed by atoms with Gasteiger partial charge < -0.3 is 15.7 Å². The van der Waals surface area contributed by atoms with Crippen LogP contribution < -0.4 is 10.6 Å². The first-order valence-electron chi connectivity index (χ1n) is 7.49. The van der Waals surface area contributed by atoms with Crippen LogP contribution >= 0.6 is 35.7 Å². The molecule has 124 valence electrons. The van der Waals surface area contributed by atoms with Crippen LogP contribution in [0.25, 0.3) is 0 Å². The molecule has 0 radical (unpaired) electrons. The zero-order chi connectivity index (χ0) is 15.1. The molecule has 2 rings (SSSR count). The third-order valence-corrected chi connectivity index (χ3v) is 4.79. The average Bonchev–Trinajstić information content (AvgIpc) is 2.91. The third-order valence-electron chi connectivity index (χ3n) is 3.55. The number of hydrogen-bond acceptors (Lipinski definition) is 3. The molecular weight excluding hydrogens is 409 g/mol. The second-order valence-electron chi connectivity index (χ2n) is 5.56. The molecule has 1 aliphatic heterocycles. The molecule has 0 aromatic heterocycles. The van der Waals surface area contributed by atoms with Crippen molar-refractivity contribution < 1.29 is 5.11 Å². The van der Waals surface area contributed by atoms with Gasteiger partial charge in [-0.15, -0.1) is 24.0 Å². The van der Waals surface area contributed by atoms with E-state index in [0.29, 0.717) is 13.1 Å². The molecule has 3 N–H and O–H groups in total. The van der Waals surface area contributed by atoms with Crippen LogP contribution in [0.3, 0.4) is 0 Å². The van der Waals surface area contributed by atoms with Crippen LogP contribution in [0.5, 0.6) is 0 Å². The summed E-state index contributed by atoms with van der Waals surface area (Å²) in [5.41, 5.74) is 1.85. The van der Waals surface area contributed by atoms with E-state index in [1.165, 1.54) is 11.1 Å². The van der Waals surface area contributed by atoms with Gasteiger partial charge in [-0.05, 0) is 31.6 Å². The van der Waals surface area contributed by atoms with Crippen molar-refractivity contribution in [1.29, 1.82) is 0 Å². The fourth-order valence-electron chi connectivity index (χ4n) is 2.19. The highest BCUT2D eigenvalue weighted by atomic mass is 127. The standard InChI is InChI=1S/C16H25N3OS.HI/c1-3-17-15(19-11-16(20)8-9-21-12-16)18-10-14-6-4-13(2)5-7-14;/h4-7,20H,3,8-12H2,1-2H3,(H2,17,18,19);1H. The lowest BCUT2D eigenvalue weighted by atomic mass is 10.0. The van der Waals surface area contributed by atoms with E-state index in [1.54, 1.807) is 0 Å². The van der Waals surface area contributed by atoms with Crippen molar-refractivity contribution in [3.8, 4) is 0 Å². The number of aryl methyl sites for hydroxylation is 1. The number of guanidine groups is 1. The molecular formula is C16H26IN3OS. The van der Waals surface area contributed by atoms with Gasteiger partial charge in [0.05, 0.1) is 12.1 Å². The summed E-state index contributed by atoms with van der Waals surface area (Å²) in [6.45, 7) is 6.14. The Morgan fingerprint density at radius 1 is 1.32 bits per heavy atom. The van der Waals surface area contributed by atoms with Crippen molar-refractivity contribution in [3.63, 3.8) is 0 Å². The molecule has 0 spiro atoms. The Kier molecular flexibility index (Phi) is 8.56. The summed E-state index contributed by atoms with van der Waals surface area (Å²) in [5, 5.41) is 16.8. The van der Waals surface area contributed by atoms with E-state index in [-0.39, 0.29) is 24.0 Å². The van der Waals surface area contributed by atoms with Gasteiger partial charge in [-0.3, -0.25) is 0 Å². The zero-order valence-corrected chi connectivity index (χ0v) is 16.4. The largest absolute Gasteiger partial charge is 0.387 e. The summed E-state index contributed by atoms with van der Waals surface area (Å²) < 4.78 is 0. The predicted octanol–water partition coefficient (Wildman–Crippen LogP) is 2.54. The fraction of sp³-hybridized carbons (Fsp3) is 0.562. The molecule has 0 amide bonds. The van der Waals surface area contributed by atoms with Crippen molar-refractivity contribution in [2.24, 2.45) is 4.99 Å².